The molecular weight excluding hydrogens is 581 g/mol. The van der Waals surface area contributed by atoms with Gasteiger partial charge in [-0.05, 0) is 78.0 Å². The molecule has 0 spiro atoms. The molecular formula is C23H21ClINO6S. The van der Waals surface area contributed by atoms with Crippen LogP contribution < -0.4 is 9.47 Å². The first-order valence-corrected chi connectivity index (χ1v) is 12.3. The van der Waals surface area contributed by atoms with Gasteiger partial charge in [0.15, 0.2) is 11.5 Å². The third-order valence-electron chi connectivity index (χ3n) is 4.43. The number of ether oxygens (including phenoxy) is 3. The maximum Gasteiger partial charge on any atom is 0.326 e. The van der Waals surface area contributed by atoms with Crippen molar-refractivity contribution in [1.29, 1.82) is 0 Å². The molecule has 0 radical (unpaired) electrons. The quantitative estimate of drug-likeness (QED) is 0.213. The second-order valence-corrected chi connectivity index (χ2v) is 9.28. The molecule has 1 heterocycles. The molecule has 10 heteroatoms. The van der Waals surface area contributed by atoms with E-state index < -0.39 is 23.7 Å². The van der Waals surface area contributed by atoms with Crippen molar-refractivity contribution in [3.8, 4) is 11.5 Å². The van der Waals surface area contributed by atoms with Crippen molar-refractivity contribution in [2.75, 3.05) is 19.8 Å². The summed E-state index contributed by atoms with van der Waals surface area (Å²) >= 11 is 9.13. The van der Waals surface area contributed by atoms with Crippen LogP contribution in [0.2, 0.25) is 5.02 Å². The normalized spacial score (nSPS) is 14.7. The van der Waals surface area contributed by atoms with E-state index in [9.17, 15) is 14.4 Å². The second-order valence-electron chi connectivity index (χ2n) is 6.72. The number of carbonyl (C=O) groups is 3. The molecule has 174 valence electrons. The molecule has 1 saturated heterocycles. The Balaban J connectivity index is 1.83. The van der Waals surface area contributed by atoms with Crippen molar-refractivity contribution in [1.82, 2.24) is 4.90 Å². The average molecular weight is 602 g/mol. The predicted octanol–water partition coefficient (Wildman–Crippen LogP) is 5.52. The van der Waals surface area contributed by atoms with Crippen LogP contribution in [0.5, 0.6) is 11.5 Å². The molecule has 0 saturated carbocycles. The van der Waals surface area contributed by atoms with Gasteiger partial charge in [0.1, 0.15) is 13.2 Å². The molecule has 0 aliphatic carbocycles. The first-order chi connectivity index (χ1) is 15.8. The van der Waals surface area contributed by atoms with E-state index in [1.807, 2.05) is 31.2 Å². The lowest BCUT2D eigenvalue weighted by molar-refractivity contribution is -0.145. The lowest BCUT2D eigenvalue weighted by Gasteiger charge is -2.15. The van der Waals surface area contributed by atoms with E-state index in [1.165, 1.54) is 0 Å². The first-order valence-electron chi connectivity index (χ1n) is 10.1. The van der Waals surface area contributed by atoms with Crippen LogP contribution in [0.3, 0.4) is 0 Å². The summed E-state index contributed by atoms with van der Waals surface area (Å²) < 4.78 is 17.4. The molecule has 2 aromatic carbocycles. The smallest absolute Gasteiger partial charge is 0.326 e. The van der Waals surface area contributed by atoms with Crippen LogP contribution in [0.4, 0.5) is 4.79 Å². The Morgan fingerprint density at radius 2 is 1.91 bits per heavy atom. The summed E-state index contributed by atoms with van der Waals surface area (Å²) in [6, 6.07) is 11.0. The van der Waals surface area contributed by atoms with Crippen molar-refractivity contribution >= 4 is 69.1 Å². The highest BCUT2D eigenvalue weighted by Crippen LogP contribution is 2.38. The van der Waals surface area contributed by atoms with Gasteiger partial charge in [0.25, 0.3) is 11.1 Å². The largest absolute Gasteiger partial charge is 0.490 e. The monoisotopic (exact) mass is 601 g/mol. The predicted molar refractivity (Wildman–Crippen MR) is 135 cm³/mol. The van der Waals surface area contributed by atoms with Gasteiger partial charge in [-0.15, -0.1) is 0 Å². The van der Waals surface area contributed by atoms with Crippen LogP contribution in [0.15, 0.2) is 41.3 Å². The van der Waals surface area contributed by atoms with Gasteiger partial charge < -0.3 is 14.2 Å². The molecule has 33 heavy (non-hydrogen) atoms. The Morgan fingerprint density at radius 3 is 2.61 bits per heavy atom. The summed E-state index contributed by atoms with van der Waals surface area (Å²) in [5.41, 5.74) is 1.51. The number of thioether (sulfide) groups is 1. The Labute approximate surface area is 214 Å². The lowest BCUT2D eigenvalue weighted by atomic mass is 10.1. The van der Waals surface area contributed by atoms with Crippen molar-refractivity contribution in [2.45, 2.75) is 20.5 Å². The highest BCUT2D eigenvalue weighted by Gasteiger charge is 2.36. The van der Waals surface area contributed by atoms with E-state index in [0.717, 1.165) is 25.8 Å². The number of halogens is 2. The number of carbonyl (C=O) groups excluding carboxylic acids is 3. The number of benzene rings is 2. The van der Waals surface area contributed by atoms with Gasteiger partial charge in [-0.3, -0.25) is 19.3 Å². The maximum atomic E-state index is 12.7. The number of nitrogens with zero attached hydrogens (tertiary/aromatic N) is 1. The van der Waals surface area contributed by atoms with Crippen LogP contribution in [-0.2, 0) is 20.9 Å². The number of hydrogen-bond donors (Lipinski definition) is 0. The van der Waals surface area contributed by atoms with Crippen molar-refractivity contribution in [3.63, 3.8) is 0 Å². The van der Waals surface area contributed by atoms with Crippen molar-refractivity contribution < 1.29 is 28.6 Å². The van der Waals surface area contributed by atoms with Gasteiger partial charge in [-0.1, -0.05) is 29.8 Å². The fourth-order valence-electron chi connectivity index (χ4n) is 2.96. The number of rotatable bonds is 9. The molecule has 0 bridgehead atoms. The van der Waals surface area contributed by atoms with E-state index in [0.29, 0.717) is 28.7 Å². The zero-order valence-corrected chi connectivity index (χ0v) is 21.7. The second kappa shape index (κ2) is 11.8. The van der Waals surface area contributed by atoms with Gasteiger partial charge in [0.2, 0.25) is 0 Å². The van der Waals surface area contributed by atoms with Crippen molar-refractivity contribution in [2.24, 2.45) is 0 Å². The first kappa shape index (κ1) is 25.4. The SMILES string of the molecule is CCOC(=O)CN1C(=O)S/C(=C\c2cc(I)c(OCc3ccccc3Cl)c(OCC)c2)C1=O. The van der Waals surface area contributed by atoms with E-state index in [-0.39, 0.29) is 18.1 Å². The molecule has 0 unspecified atom stereocenters. The Kier molecular flexibility index (Phi) is 9.04. The van der Waals surface area contributed by atoms with E-state index in [4.69, 9.17) is 25.8 Å². The van der Waals surface area contributed by atoms with Gasteiger partial charge in [0.05, 0.1) is 21.7 Å². The summed E-state index contributed by atoms with van der Waals surface area (Å²) in [4.78, 5) is 37.7. The minimum atomic E-state index is -0.630. The van der Waals surface area contributed by atoms with Crippen LogP contribution >= 0.6 is 46.0 Å². The molecule has 1 aliphatic heterocycles. The highest BCUT2D eigenvalue weighted by molar-refractivity contribution is 14.1. The number of hydrogen-bond acceptors (Lipinski definition) is 7. The molecule has 0 N–H and O–H groups in total. The minimum absolute atomic E-state index is 0.175. The van der Waals surface area contributed by atoms with Crippen molar-refractivity contribution in [3.05, 3.63) is 61.0 Å². The standard InChI is InChI=1S/C23H21ClINO6S/c1-3-30-18-10-14(9-17(25)21(18)32-13-15-7-5-6-8-16(15)24)11-19-22(28)26(23(29)33-19)12-20(27)31-4-2/h5-11H,3-4,12-13H2,1-2H3/b19-11-. The zero-order valence-electron chi connectivity index (χ0n) is 17.9. The fraction of sp³-hybridized carbons (Fsp3) is 0.261. The van der Waals surface area contributed by atoms with E-state index in [1.54, 1.807) is 25.1 Å². The minimum Gasteiger partial charge on any atom is -0.490 e. The Morgan fingerprint density at radius 1 is 1.15 bits per heavy atom. The highest BCUT2D eigenvalue weighted by atomic mass is 127. The molecule has 1 fully saturated rings. The van der Waals surface area contributed by atoms with Gasteiger partial charge >= 0.3 is 5.97 Å². The Bertz CT molecular complexity index is 1110. The summed E-state index contributed by atoms with van der Waals surface area (Å²) in [7, 11) is 0. The molecule has 3 rings (SSSR count). The molecule has 2 aromatic rings. The summed E-state index contributed by atoms with van der Waals surface area (Å²) in [5, 5.41) is 0.0966. The molecule has 0 aromatic heterocycles. The third-order valence-corrected chi connectivity index (χ3v) is 6.50. The topological polar surface area (TPSA) is 82.1 Å². The summed E-state index contributed by atoms with van der Waals surface area (Å²) in [6.45, 7) is 3.96. The van der Waals surface area contributed by atoms with Gasteiger partial charge in [-0.2, -0.15) is 0 Å². The number of esters is 1. The van der Waals surface area contributed by atoms with Gasteiger partial charge in [0, 0.05) is 10.6 Å². The third kappa shape index (κ3) is 6.42. The van der Waals surface area contributed by atoms with E-state index >= 15 is 0 Å². The molecule has 0 atom stereocenters. The number of imide groups is 1. The fourth-order valence-corrected chi connectivity index (χ4v) is 4.77. The lowest BCUT2D eigenvalue weighted by Crippen LogP contribution is -2.34. The average Bonchev–Trinajstić information content (AvgIpc) is 3.02. The summed E-state index contributed by atoms with van der Waals surface area (Å²) in [6.07, 6.45) is 1.60. The molecule has 7 nitrogen and oxygen atoms in total. The number of amides is 2. The van der Waals surface area contributed by atoms with Crippen LogP contribution in [0.25, 0.3) is 6.08 Å². The maximum absolute atomic E-state index is 12.7. The molecule has 2 amide bonds. The molecule has 1 aliphatic rings. The van der Waals surface area contributed by atoms with Crippen LogP contribution in [0.1, 0.15) is 25.0 Å². The van der Waals surface area contributed by atoms with Crippen LogP contribution in [-0.4, -0.2) is 41.8 Å². The zero-order chi connectivity index (χ0) is 24.0. The Hall–Kier alpha value is -2.24. The van der Waals surface area contributed by atoms with Crippen LogP contribution in [0, 0.1) is 3.57 Å². The van der Waals surface area contributed by atoms with E-state index in [2.05, 4.69) is 22.6 Å². The summed E-state index contributed by atoms with van der Waals surface area (Å²) in [5.74, 6) is -0.0993. The van der Waals surface area contributed by atoms with Gasteiger partial charge in [-0.25, -0.2) is 0 Å².